The fourth-order valence-electron chi connectivity index (χ4n) is 1.38. The molecule has 1 rings (SSSR count). The Hall–Kier alpha value is -0.705. The Morgan fingerprint density at radius 2 is 2.50 bits per heavy atom. The highest BCUT2D eigenvalue weighted by atomic mass is 19.1. The second-order valence-corrected chi connectivity index (χ2v) is 2.87. The van der Waals surface area contributed by atoms with Crippen LogP contribution >= 0.6 is 0 Å². The minimum absolute atomic E-state index is 0.216. The Morgan fingerprint density at radius 1 is 1.75 bits per heavy atom. The second-order valence-electron chi connectivity index (χ2n) is 2.87. The van der Waals surface area contributed by atoms with Gasteiger partial charge in [-0.25, -0.2) is 4.39 Å². The fourth-order valence-corrected chi connectivity index (χ4v) is 1.38. The third-order valence-corrected chi connectivity index (χ3v) is 2.08. The normalized spacial score (nSPS) is 23.9. The monoisotopic (exact) mass is 170 g/mol. The first-order chi connectivity index (χ1) is 5.77. The molecule has 5 heteroatoms. The van der Waals surface area contributed by atoms with Gasteiger partial charge in [0.15, 0.2) is 5.78 Å². The number of halogens is 1. The molecule has 0 aliphatic carbocycles. The van der Waals surface area contributed by atoms with Crippen molar-refractivity contribution >= 4 is 19.4 Å². The van der Waals surface area contributed by atoms with Crippen LogP contribution in [0.3, 0.4) is 0 Å². The largest absolute Gasteiger partial charge is 0.339 e. The van der Waals surface area contributed by atoms with E-state index in [1.165, 1.54) is 7.41 Å². The predicted molar refractivity (Wildman–Crippen MR) is 43.2 cm³/mol. The summed E-state index contributed by atoms with van der Waals surface area (Å²) >= 11 is 0. The van der Waals surface area contributed by atoms with Crippen molar-refractivity contribution in [3.63, 3.8) is 0 Å². The lowest BCUT2D eigenvalue weighted by Gasteiger charge is -2.09. The summed E-state index contributed by atoms with van der Waals surface area (Å²) in [5, 5.41) is 0. The molecule has 0 aromatic rings. The molecule has 1 radical (unpaired) electrons. The number of nitrogens with zero attached hydrogens (tertiary/aromatic N) is 1. The number of rotatable bonds is 4. The van der Waals surface area contributed by atoms with Gasteiger partial charge in [0.1, 0.15) is 6.67 Å². The lowest BCUT2D eigenvalue weighted by Crippen LogP contribution is -2.28. The Labute approximate surface area is 71.2 Å². The molecule has 1 saturated heterocycles. The predicted octanol–water partition coefficient (Wildman–Crippen LogP) is -0.344. The van der Waals surface area contributed by atoms with Crippen LogP contribution in [0.1, 0.15) is 6.42 Å². The molecule has 1 atom stereocenters. The van der Waals surface area contributed by atoms with Gasteiger partial charge in [-0.15, -0.1) is 0 Å². The molecule has 1 unspecified atom stereocenters. The summed E-state index contributed by atoms with van der Waals surface area (Å²) in [5.74, 6) is -0.567. The highest BCUT2D eigenvalue weighted by Crippen LogP contribution is 2.15. The van der Waals surface area contributed by atoms with Gasteiger partial charge in [0.25, 0.3) is 7.41 Å². The molecule has 65 valence electrons. The molecule has 0 aromatic heterocycles. The van der Waals surface area contributed by atoms with E-state index >= 15 is 0 Å². The third-order valence-electron chi connectivity index (χ3n) is 2.08. The smallest absolute Gasteiger partial charge is 0.293 e. The van der Waals surface area contributed by atoms with Gasteiger partial charge < -0.3 is 9.61 Å². The molecule has 1 fully saturated rings. The second kappa shape index (κ2) is 4.35. The Kier molecular flexibility index (Phi) is 3.40. The number of hydrogen-bond donors (Lipinski definition) is 0. The average molecular weight is 170 g/mol. The van der Waals surface area contributed by atoms with Crippen LogP contribution in [-0.4, -0.2) is 44.0 Å². The summed E-state index contributed by atoms with van der Waals surface area (Å²) in [5.41, 5.74) is 0. The average Bonchev–Trinajstić information content (AvgIpc) is 2.52. The molecule has 0 aromatic carbocycles. The van der Waals surface area contributed by atoms with Gasteiger partial charge in [-0.3, -0.25) is 4.79 Å². The van der Waals surface area contributed by atoms with Gasteiger partial charge in [0, 0.05) is 5.92 Å². The quantitative estimate of drug-likeness (QED) is 0.427. The van der Waals surface area contributed by atoms with Gasteiger partial charge in [0.2, 0.25) is 0 Å². The maximum Gasteiger partial charge on any atom is 0.293 e. The highest BCUT2D eigenvalue weighted by molar-refractivity contribution is 6.64. The van der Waals surface area contributed by atoms with E-state index in [1.54, 1.807) is 4.81 Å². The lowest BCUT2D eigenvalue weighted by molar-refractivity contribution is -0.123. The van der Waals surface area contributed by atoms with E-state index in [9.17, 15) is 14.0 Å². The van der Waals surface area contributed by atoms with Gasteiger partial charge in [-0.2, -0.15) is 0 Å². The van der Waals surface area contributed by atoms with Crippen LogP contribution in [0.2, 0.25) is 0 Å². The first-order valence-corrected chi connectivity index (χ1v) is 3.89. The van der Waals surface area contributed by atoms with E-state index in [0.29, 0.717) is 25.7 Å². The molecule has 12 heavy (non-hydrogen) atoms. The van der Waals surface area contributed by atoms with Crippen molar-refractivity contribution in [2.45, 2.75) is 6.42 Å². The van der Waals surface area contributed by atoms with Gasteiger partial charge in [-0.1, -0.05) is 0 Å². The van der Waals surface area contributed by atoms with E-state index < -0.39 is 6.67 Å². The summed E-state index contributed by atoms with van der Waals surface area (Å²) in [6.07, 6.45) is 1.34. The molecule has 0 spiro atoms. The van der Waals surface area contributed by atoms with Gasteiger partial charge in [-0.05, 0) is 19.5 Å². The molecule has 0 amide bonds. The number of hydrogen-bond acceptors (Lipinski definition) is 3. The van der Waals surface area contributed by atoms with Crippen molar-refractivity contribution in [1.82, 2.24) is 4.81 Å². The SMILES string of the molecule is O=C[B]N1CCC(C(=O)CF)C1. The third kappa shape index (κ3) is 2.14. The molecular formula is C7H10BFNO2. The van der Waals surface area contributed by atoms with Crippen LogP contribution in [0.5, 0.6) is 0 Å². The number of ketones is 1. The molecule has 0 bridgehead atoms. The maximum atomic E-state index is 11.9. The van der Waals surface area contributed by atoms with Crippen molar-refractivity contribution in [3.05, 3.63) is 0 Å². The van der Waals surface area contributed by atoms with E-state index in [0.717, 1.165) is 0 Å². The van der Waals surface area contributed by atoms with Crippen LogP contribution in [0, 0.1) is 5.92 Å². The van der Waals surface area contributed by atoms with Crippen LogP contribution in [0.4, 0.5) is 4.39 Å². The Balaban J connectivity index is 2.34. The minimum atomic E-state index is -0.889. The highest BCUT2D eigenvalue weighted by Gasteiger charge is 2.27. The van der Waals surface area contributed by atoms with E-state index in [-0.39, 0.29) is 11.7 Å². The first kappa shape index (κ1) is 9.38. The fraction of sp³-hybridized carbons (Fsp3) is 0.714. The van der Waals surface area contributed by atoms with Crippen LogP contribution in [-0.2, 0) is 9.59 Å². The summed E-state index contributed by atoms with van der Waals surface area (Å²) in [7, 11) is 1.39. The molecule has 0 saturated carbocycles. The minimum Gasteiger partial charge on any atom is -0.339 e. The number of carbonyl (C=O) groups is 2. The zero-order valence-electron chi connectivity index (χ0n) is 6.70. The van der Waals surface area contributed by atoms with E-state index in [2.05, 4.69) is 0 Å². The zero-order valence-corrected chi connectivity index (χ0v) is 6.70. The first-order valence-electron chi connectivity index (χ1n) is 3.89. The van der Waals surface area contributed by atoms with Crippen molar-refractivity contribution in [2.24, 2.45) is 5.92 Å². The number of carbonyl (C=O) groups excluding carboxylic acids is 2. The molecule has 1 heterocycles. The van der Waals surface area contributed by atoms with Crippen LogP contribution < -0.4 is 0 Å². The van der Waals surface area contributed by atoms with Crippen molar-refractivity contribution in [2.75, 3.05) is 19.8 Å². The van der Waals surface area contributed by atoms with Crippen LogP contribution in [0.15, 0.2) is 0 Å². The molecule has 1 aliphatic heterocycles. The van der Waals surface area contributed by atoms with Gasteiger partial charge in [0.05, 0.1) is 6.19 Å². The summed E-state index contributed by atoms with van der Waals surface area (Å²) in [6.45, 7) is 0.274. The van der Waals surface area contributed by atoms with Gasteiger partial charge >= 0.3 is 0 Å². The van der Waals surface area contributed by atoms with Crippen molar-refractivity contribution < 1.29 is 14.0 Å². The van der Waals surface area contributed by atoms with E-state index in [1.807, 2.05) is 0 Å². The van der Waals surface area contributed by atoms with Crippen LogP contribution in [0.25, 0.3) is 0 Å². The number of alkyl halides is 1. The molecule has 1 aliphatic rings. The molecule has 3 nitrogen and oxygen atoms in total. The van der Waals surface area contributed by atoms with E-state index in [4.69, 9.17) is 0 Å². The topological polar surface area (TPSA) is 37.4 Å². The van der Waals surface area contributed by atoms with Crippen molar-refractivity contribution in [1.29, 1.82) is 0 Å². The number of Topliss-reactive ketones (excluding diaryl/α,β-unsaturated/α-hetero) is 1. The standard InChI is InChI=1S/C7H10BFNO2/c9-3-7(12)6-1-2-10(4-6)8-5-11/h5-6H,1-4H2. The summed E-state index contributed by atoms with van der Waals surface area (Å²) < 4.78 is 11.9. The molecular weight excluding hydrogens is 160 g/mol. The Morgan fingerprint density at radius 3 is 3.08 bits per heavy atom. The van der Waals surface area contributed by atoms with Crippen molar-refractivity contribution in [3.8, 4) is 0 Å². The maximum absolute atomic E-state index is 11.9. The summed E-state index contributed by atoms with van der Waals surface area (Å²) in [6, 6.07) is 0. The Bertz CT molecular complexity index is 188. The lowest BCUT2D eigenvalue weighted by atomic mass is 9.95. The molecule has 0 N–H and O–H groups in total. The summed E-state index contributed by atoms with van der Waals surface area (Å²) in [4.78, 5) is 22.7. The zero-order chi connectivity index (χ0) is 8.97.